The number of aromatic nitrogens is 3. The number of amides is 1. The van der Waals surface area contributed by atoms with Gasteiger partial charge in [0.15, 0.2) is 0 Å². The lowest BCUT2D eigenvalue weighted by atomic mass is 10.1. The molecule has 4 rings (SSSR count). The molecule has 0 fully saturated rings. The fraction of sp³-hybridized carbons (Fsp3) is 0.0952. The summed E-state index contributed by atoms with van der Waals surface area (Å²) < 4.78 is 8.23. The molecular weight excluding hydrogens is 392 g/mol. The van der Waals surface area contributed by atoms with E-state index in [1.54, 1.807) is 54.3 Å². The minimum atomic E-state index is -0.426. The molecule has 0 saturated carbocycles. The van der Waals surface area contributed by atoms with Crippen molar-refractivity contribution in [1.29, 1.82) is 0 Å². The number of rotatable bonds is 4. The van der Waals surface area contributed by atoms with E-state index in [9.17, 15) is 9.59 Å². The lowest BCUT2D eigenvalue weighted by molar-refractivity contribution is 0.102. The number of fused-ring (bicyclic) bond motifs is 1. The second kappa shape index (κ2) is 7.44. The van der Waals surface area contributed by atoms with E-state index in [1.807, 2.05) is 18.2 Å². The zero-order valence-corrected chi connectivity index (χ0v) is 16.5. The van der Waals surface area contributed by atoms with Crippen molar-refractivity contribution in [3.8, 4) is 22.7 Å². The lowest BCUT2D eigenvalue weighted by Gasteiger charge is -2.12. The molecule has 7 nitrogen and oxygen atoms in total. The predicted octanol–water partition coefficient (Wildman–Crippen LogP) is 3.59. The van der Waals surface area contributed by atoms with E-state index in [4.69, 9.17) is 16.3 Å². The van der Waals surface area contributed by atoms with Crippen molar-refractivity contribution in [3.63, 3.8) is 0 Å². The largest absolute Gasteiger partial charge is 0.495 e. The van der Waals surface area contributed by atoms with E-state index in [2.05, 4.69) is 10.4 Å². The van der Waals surface area contributed by atoms with Crippen LogP contribution in [0.15, 0.2) is 65.7 Å². The summed E-state index contributed by atoms with van der Waals surface area (Å²) in [6.07, 6.45) is 3.28. The molecule has 0 saturated heterocycles. The smallest absolute Gasteiger partial charge is 0.282 e. The van der Waals surface area contributed by atoms with E-state index in [1.165, 1.54) is 11.8 Å². The number of ether oxygens (including phenoxy) is 1. The average molecular weight is 409 g/mol. The molecule has 1 amide bonds. The molecule has 2 aromatic rings. The first kappa shape index (κ1) is 18.8. The number of methoxy groups -OCH3 is 1. The first-order valence-electron chi connectivity index (χ1n) is 8.77. The van der Waals surface area contributed by atoms with Gasteiger partial charge in [0.2, 0.25) is 0 Å². The molecule has 0 aromatic heterocycles. The van der Waals surface area contributed by atoms with Gasteiger partial charge in [-0.25, -0.2) is 0 Å². The molecule has 2 aliphatic heterocycles. The van der Waals surface area contributed by atoms with Crippen LogP contribution in [-0.4, -0.2) is 27.4 Å². The van der Waals surface area contributed by atoms with Crippen LogP contribution in [0.5, 0.6) is 5.75 Å². The minimum absolute atomic E-state index is 0.263. The van der Waals surface area contributed by atoms with Crippen LogP contribution in [0, 0.1) is 0 Å². The van der Waals surface area contributed by atoms with Crippen molar-refractivity contribution in [2.75, 3.05) is 12.4 Å². The number of carbonyl (C=O) groups is 1. The van der Waals surface area contributed by atoms with Gasteiger partial charge in [-0.3, -0.25) is 9.59 Å². The highest BCUT2D eigenvalue weighted by Gasteiger charge is 2.24. The third kappa shape index (κ3) is 3.48. The quantitative estimate of drug-likeness (QED) is 0.559. The molecule has 0 aliphatic carbocycles. The normalized spacial score (nSPS) is 10.9. The Morgan fingerprint density at radius 1 is 1.14 bits per heavy atom. The number of halogens is 1. The molecule has 146 valence electrons. The number of nitrogens with one attached hydrogen (secondary N) is 1. The highest BCUT2D eigenvalue weighted by Crippen LogP contribution is 2.29. The van der Waals surface area contributed by atoms with Gasteiger partial charge in [-0.1, -0.05) is 29.8 Å². The van der Waals surface area contributed by atoms with E-state index < -0.39 is 5.91 Å². The minimum Gasteiger partial charge on any atom is -0.495 e. The van der Waals surface area contributed by atoms with Crippen LogP contribution in [-0.2, 0) is 7.05 Å². The maximum Gasteiger partial charge on any atom is 0.282 e. The number of pyridine rings is 1. The number of hydrogen-bond donors (Lipinski definition) is 1. The van der Waals surface area contributed by atoms with Gasteiger partial charge in [-0.15, -0.1) is 0 Å². The number of nitrogens with zero attached hydrogens (tertiary/aromatic N) is 3. The number of hydrogen-bond acceptors (Lipinski definition) is 4. The summed E-state index contributed by atoms with van der Waals surface area (Å²) >= 11 is 6.05. The first-order chi connectivity index (χ1) is 14.0. The Kier molecular flexibility index (Phi) is 4.82. The zero-order chi connectivity index (χ0) is 20.5. The summed E-state index contributed by atoms with van der Waals surface area (Å²) in [6, 6.07) is 14.0. The van der Waals surface area contributed by atoms with Crippen LogP contribution in [0.4, 0.5) is 5.69 Å². The SMILES string of the molecule is COc1ccc(Cl)cc1NC(=O)c1cn(C)cc2c(=O)n(-c3ccccc3)nc1-2. The molecule has 8 heteroatoms. The first-order valence-corrected chi connectivity index (χ1v) is 9.15. The van der Waals surface area contributed by atoms with Crippen molar-refractivity contribution < 1.29 is 9.53 Å². The maximum atomic E-state index is 13.0. The Hall–Kier alpha value is -3.58. The molecule has 0 atom stereocenters. The second-order valence-corrected chi connectivity index (χ2v) is 6.89. The van der Waals surface area contributed by atoms with Crippen molar-refractivity contribution in [2.45, 2.75) is 0 Å². The predicted molar refractivity (Wildman–Crippen MR) is 111 cm³/mol. The van der Waals surface area contributed by atoms with Gasteiger partial charge in [0, 0.05) is 24.5 Å². The highest BCUT2D eigenvalue weighted by molar-refractivity contribution is 6.31. The molecule has 0 spiro atoms. The highest BCUT2D eigenvalue weighted by atomic mass is 35.5. The molecule has 0 bridgehead atoms. The Balaban J connectivity index is 1.81. The molecular formula is C21H17ClN4O3. The standard InChI is InChI=1S/C21H17ClN4O3/c1-25-11-15(20(27)23-17-10-13(22)8-9-18(17)29-2)19-16(12-25)21(28)26(24-19)14-6-4-3-5-7-14/h3-12H,1-2H3,(H,23,27). The van der Waals surface area contributed by atoms with E-state index in [-0.39, 0.29) is 11.1 Å². The van der Waals surface area contributed by atoms with Crippen LogP contribution >= 0.6 is 11.6 Å². The van der Waals surface area contributed by atoms with Gasteiger partial charge in [0.05, 0.1) is 29.6 Å². The van der Waals surface area contributed by atoms with Gasteiger partial charge >= 0.3 is 0 Å². The van der Waals surface area contributed by atoms with Gasteiger partial charge < -0.3 is 14.6 Å². The van der Waals surface area contributed by atoms with Crippen molar-refractivity contribution >= 4 is 23.2 Å². The van der Waals surface area contributed by atoms with Gasteiger partial charge in [0.25, 0.3) is 11.5 Å². The maximum absolute atomic E-state index is 13.0. The average Bonchev–Trinajstić information content (AvgIpc) is 3.05. The summed E-state index contributed by atoms with van der Waals surface area (Å²) in [6.45, 7) is 0. The lowest BCUT2D eigenvalue weighted by Crippen LogP contribution is -2.17. The molecule has 29 heavy (non-hydrogen) atoms. The number of anilines is 1. The molecule has 2 aliphatic rings. The number of benzene rings is 2. The summed E-state index contributed by atoms with van der Waals surface area (Å²) in [4.78, 5) is 25.9. The van der Waals surface area contributed by atoms with Crippen LogP contribution in [0.25, 0.3) is 16.9 Å². The fourth-order valence-corrected chi connectivity index (χ4v) is 3.29. The van der Waals surface area contributed by atoms with Crippen LogP contribution in [0.2, 0.25) is 5.02 Å². The zero-order valence-electron chi connectivity index (χ0n) is 15.7. The van der Waals surface area contributed by atoms with Crippen LogP contribution in [0.1, 0.15) is 10.4 Å². The third-order valence-electron chi connectivity index (χ3n) is 4.45. The topological polar surface area (TPSA) is 78.1 Å². The summed E-state index contributed by atoms with van der Waals surface area (Å²) in [5, 5.41) is 7.67. The van der Waals surface area contributed by atoms with E-state index in [0.29, 0.717) is 33.4 Å². The molecule has 2 aromatic carbocycles. The molecule has 0 unspecified atom stereocenters. The Morgan fingerprint density at radius 2 is 1.90 bits per heavy atom. The molecule has 2 heterocycles. The number of aryl methyl sites for hydroxylation is 1. The molecule has 1 N–H and O–H groups in total. The van der Waals surface area contributed by atoms with Crippen LogP contribution in [0.3, 0.4) is 0 Å². The monoisotopic (exact) mass is 408 g/mol. The summed E-state index contributed by atoms with van der Waals surface area (Å²) in [7, 11) is 3.25. The van der Waals surface area contributed by atoms with E-state index in [0.717, 1.165) is 0 Å². The molecule has 0 radical (unpaired) electrons. The fourth-order valence-electron chi connectivity index (χ4n) is 3.11. The second-order valence-electron chi connectivity index (χ2n) is 6.45. The van der Waals surface area contributed by atoms with Crippen molar-refractivity contribution in [1.82, 2.24) is 14.3 Å². The Labute approximate surface area is 171 Å². The van der Waals surface area contributed by atoms with Crippen molar-refractivity contribution in [2.24, 2.45) is 7.05 Å². The summed E-state index contributed by atoms with van der Waals surface area (Å²) in [5.41, 5.74) is 1.68. The van der Waals surface area contributed by atoms with Crippen LogP contribution < -0.4 is 15.6 Å². The Morgan fingerprint density at radius 3 is 2.62 bits per heavy atom. The third-order valence-corrected chi connectivity index (χ3v) is 4.69. The van der Waals surface area contributed by atoms with Gasteiger partial charge in [0.1, 0.15) is 11.4 Å². The van der Waals surface area contributed by atoms with Gasteiger partial charge in [-0.2, -0.15) is 9.78 Å². The van der Waals surface area contributed by atoms with E-state index >= 15 is 0 Å². The Bertz CT molecular complexity index is 1230. The number of para-hydroxylation sites is 1. The van der Waals surface area contributed by atoms with Gasteiger partial charge in [-0.05, 0) is 30.3 Å². The van der Waals surface area contributed by atoms with Crippen molar-refractivity contribution in [3.05, 3.63) is 81.9 Å². The summed E-state index contributed by atoms with van der Waals surface area (Å²) in [5.74, 6) is 0.0445. The number of carbonyl (C=O) groups excluding carboxylic acids is 1.